The molecule has 0 saturated heterocycles. The summed E-state index contributed by atoms with van der Waals surface area (Å²) in [6.45, 7) is -0.117. The lowest BCUT2D eigenvalue weighted by atomic mass is 10.2. The molecule has 2 amide bonds. The fourth-order valence-electron chi connectivity index (χ4n) is 1.73. The second-order valence-corrected chi connectivity index (χ2v) is 5.89. The van der Waals surface area contributed by atoms with E-state index >= 15 is 0 Å². The fourth-order valence-corrected chi connectivity index (χ4v) is 2.37. The van der Waals surface area contributed by atoms with Gasteiger partial charge in [0.25, 0.3) is 11.8 Å². The summed E-state index contributed by atoms with van der Waals surface area (Å²) in [6.07, 6.45) is 1.55. The summed E-state index contributed by atoms with van der Waals surface area (Å²) in [6, 6.07) is 11.2. The van der Waals surface area contributed by atoms with Crippen molar-refractivity contribution in [1.29, 1.82) is 0 Å². The maximum Gasteiger partial charge on any atom is 0.261 e. The number of nitrogens with one attached hydrogen (secondary N) is 2. The van der Waals surface area contributed by atoms with Crippen molar-refractivity contribution in [2.75, 3.05) is 25.5 Å². The topological polar surface area (TPSA) is 73.8 Å². The van der Waals surface area contributed by atoms with Gasteiger partial charge in [-0.1, -0.05) is 18.2 Å². The third-order valence-electron chi connectivity index (χ3n) is 2.97. The molecule has 1 aromatic carbocycles. The molecule has 23 heavy (non-hydrogen) atoms. The molecular formula is C16H18N4O2S. The lowest BCUT2D eigenvalue weighted by molar-refractivity contribution is -0.120. The van der Waals surface area contributed by atoms with Gasteiger partial charge in [-0.15, -0.1) is 11.3 Å². The number of carbonyl (C=O) groups excluding carboxylic acids is 2. The zero-order valence-electron chi connectivity index (χ0n) is 12.9. The van der Waals surface area contributed by atoms with Crippen LogP contribution in [0.25, 0.3) is 0 Å². The highest BCUT2D eigenvalue weighted by Crippen LogP contribution is 2.10. The largest absolute Gasteiger partial charge is 0.378 e. The van der Waals surface area contributed by atoms with Crippen LogP contribution in [0.3, 0.4) is 0 Å². The predicted octanol–water partition coefficient (Wildman–Crippen LogP) is 1.69. The van der Waals surface area contributed by atoms with Gasteiger partial charge in [0.2, 0.25) is 0 Å². The third-order valence-corrected chi connectivity index (χ3v) is 3.84. The van der Waals surface area contributed by atoms with Crippen molar-refractivity contribution >= 4 is 35.1 Å². The normalized spacial score (nSPS) is 10.5. The average Bonchev–Trinajstić information content (AvgIpc) is 3.07. The van der Waals surface area contributed by atoms with E-state index in [1.165, 1.54) is 11.3 Å². The van der Waals surface area contributed by atoms with Gasteiger partial charge < -0.3 is 10.2 Å². The van der Waals surface area contributed by atoms with Gasteiger partial charge in [-0.3, -0.25) is 9.59 Å². The van der Waals surface area contributed by atoms with E-state index in [4.69, 9.17) is 0 Å². The second kappa shape index (κ2) is 8.09. The summed E-state index contributed by atoms with van der Waals surface area (Å²) in [5.74, 6) is -0.644. The van der Waals surface area contributed by atoms with E-state index < -0.39 is 0 Å². The number of benzene rings is 1. The Bertz CT molecular complexity index is 679. The number of hydrogen-bond donors (Lipinski definition) is 2. The molecule has 0 spiro atoms. The number of thiophene rings is 1. The molecule has 0 bridgehead atoms. The molecule has 0 saturated carbocycles. The Balaban J connectivity index is 1.76. The maximum absolute atomic E-state index is 11.7. The van der Waals surface area contributed by atoms with Crippen LogP contribution >= 0.6 is 11.3 Å². The predicted molar refractivity (Wildman–Crippen MR) is 93.2 cm³/mol. The molecule has 0 radical (unpaired) electrons. The summed E-state index contributed by atoms with van der Waals surface area (Å²) in [4.78, 5) is 25.8. The smallest absolute Gasteiger partial charge is 0.261 e. The SMILES string of the molecule is CN(C)c1ccc(/C=N\NC(=O)CNC(=O)c2cccs2)cc1. The van der Waals surface area contributed by atoms with Crippen LogP contribution < -0.4 is 15.6 Å². The molecule has 1 heterocycles. The van der Waals surface area contributed by atoms with Gasteiger partial charge in [-0.05, 0) is 29.1 Å². The Morgan fingerprint density at radius 1 is 1.22 bits per heavy atom. The van der Waals surface area contributed by atoms with Gasteiger partial charge in [-0.2, -0.15) is 5.10 Å². The number of hydrogen-bond acceptors (Lipinski definition) is 5. The minimum Gasteiger partial charge on any atom is -0.378 e. The van der Waals surface area contributed by atoms with E-state index in [-0.39, 0.29) is 18.4 Å². The Kier molecular flexibility index (Phi) is 5.87. The zero-order chi connectivity index (χ0) is 16.7. The quantitative estimate of drug-likeness (QED) is 0.625. The standard InChI is InChI=1S/C16H18N4O2S/c1-20(2)13-7-5-12(6-8-13)10-18-19-15(21)11-17-16(22)14-4-3-9-23-14/h3-10H,11H2,1-2H3,(H,17,22)(H,19,21)/b18-10-. The van der Waals surface area contributed by atoms with Crippen molar-refractivity contribution < 1.29 is 9.59 Å². The molecule has 0 aliphatic rings. The first-order valence-corrected chi connectivity index (χ1v) is 7.85. The van der Waals surface area contributed by atoms with E-state index in [1.807, 2.05) is 43.3 Å². The molecule has 0 aliphatic heterocycles. The Labute approximate surface area is 138 Å². The molecule has 2 N–H and O–H groups in total. The molecule has 1 aromatic heterocycles. The van der Waals surface area contributed by atoms with Gasteiger partial charge in [0, 0.05) is 19.8 Å². The fraction of sp³-hybridized carbons (Fsp3) is 0.188. The maximum atomic E-state index is 11.7. The van der Waals surface area contributed by atoms with Crippen LogP contribution in [0, 0.1) is 0 Å². The summed E-state index contributed by atoms with van der Waals surface area (Å²) in [7, 11) is 3.93. The zero-order valence-corrected chi connectivity index (χ0v) is 13.8. The van der Waals surface area contributed by atoms with E-state index in [0.717, 1.165) is 11.3 Å². The van der Waals surface area contributed by atoms with Crippen molar-refractivity contribution in [3.63, 3.8) is 0 Å². The highest BCUT2D eigenvalue weighted by Gasteiger charge is 2.07. The number of anilines is 1. The summed E-state index contributed by atoms with van der Waals surface area (Å²) >= 11 is 1.32. The van der Waals surface area contributed by atoms with E-state index in [0.29, 0.717) is 4.88 Å². The molecule has 2 rings (SSSR count). The van der Waals surface area contributed by atoms with Crippen molar-refractivity contribution in [1.82, 2.24) is 10.7 Å². The van der Waals surface area contributed by atoms with Gasteiger partial charge in [0.15, 0.2) is 0 Å². The second-order valence-electron chi connectivity index (χ2n) is 4.94. The Hall–Kier alpha value is -2.67. The lowest BCUT2D eigenvalue weighted by Crippen LogP contribution is -2.34. The molecular weight excluding hydrogens is 312 g/mol. The van der Waals surface area contributed by atoms with Crippen molar-refractivity contribution in [3.8, 4) is 0 Å². The minimum atomic E-state index is -0.379. The molecule has 0 aliphatic carbocycles. The first kappa shape index (κ1) is 16.7. The first-order chi connectivity index (χ1) is 11.1. The molecule has 2 aromatic rings. The highest BCUT2D eigenvalue weighted by molar-refractivity contribution is 7.12. The van der Waals surface area contributed by atoms with Crippen LogP contribution in [0.2, 0.25) is 0 Å². The third kappa shape index (κ3) is 5.23. The Morgan fingerprint density at radius 2 is 1.96 bits per heavy atom. The van der Waals surface area contributed by atoms with Crippen LogP contribution in [0.1, 0.15) is 15.2 Å². The van der Waals surface area contributed by atoms with Crippen molar-refractivity contribution in [3.05, 3.63) is 52.2 Å². The van der Waals surface area contributed by atoms with Crippen LogP contribution in [0.15, 0.2) is 46.9 Å². The van der Waals surface area contributed by atoms with E-state index in [2.05, 4.69) is 15.8 Å². The number of amides is 2. The van der Waals surface area contributed by atoms with Crippen molar-refractivity contribution in [2.24, 2.45) is 5.10 Å². The van der Waals surface area contributed by atoms with Gasteiger partial charge in [-0.25, -0.2) is 5.43 Å². The van der Waals surface area contributed by atoms with Crippen LogP contribution in [-0.4, -0.2) is 38.7 Å². The summed E-state index contributed by atoms with van der Waals surface area (Å²) in [5.41, 5.74) is 4.34. The average molecular weight is 330 g/mol. The monoisotopic (exact) mass is 330 g/mol. The van der Waals surface area contributed by atoms with Crippen LogP contribution in [-0.2, 0) is 4.79 Å². The van der Waals surface area contributed by atoms with Crippen LogP contribution in [0.5, 0.6) is 0 Å². The summed E-state index contributed by atoms with van der Waals surface area (Å²) in [5, 5.41) is 8.21. The number of nitrogens with zero attached hydrogens (tertiary/aromatic N) is 2. The van der Waals surface area contributed by atoms with E-state index in [1.54, 1.807) is 23.7 Å². The van der Waals surface area contributed by atoms with Gasteiger partial charge >= 0.3 is 0 Å². The molecule has 0 unspecified atom stereocenters. The Morgan fingerprint density at radius 3 is 2.57 bits per heavy atom. The number of rotatable bonds is 6. The molecule has 0 fully saturated rings. The minimum absolute atomic E-state index is 0.117. The van der Waals surface area contributed by atoms with E-state index in [9.17, 15) is 9.59 Å². The first-order valence-electron chi connectivity index (χ1n) is 6.97. The van der Waals surface area contributed by atoms with Crippen LogP contribution in [0.4, 0.5) is 5.69 Å². The highest BCUT2D eigenvalue weighted by atomic mass is 32.1. The van der Waals surface area contributed by atoms with Crippen molar-refractivity contribution in [2.45, 2.75) is 0 Å². The number of carbonyl (C=O) groups is 2. The number of hydrazone groups is 1. The molecule has 6 nitrogen and oxygen atoms in total. The lowest BCUT2D eigenvalue weighted by Gasteiger charge is -2.11. The van der Waals surface area contributed by atoms with Gasteiger partial charge in [0.1, 0.15) is 0 Å². The summed E-state index contributed by atoms with van der Waals surface area (Å²) < 4.78 is 0. The molecule has 120 valence electrons. The molecule has 0 atom stereocenters. The van der Waals surface area contributed by atoms with Gasteiger partial charge in [0.05, 0.1) is 17.6 Å². The molecule has 7 heteroatoms.